The summed E-state index contributed by atoms with van der Waals surface area (Å²) in [7, 11) is 1.51. The molecule has 2 aromatic carbocycles. The van der Waals surface area contributed by atoms with E-state index in [0.717, 1.165) is 9.75 Å². The number of para-hydroxylation sites is 1. The number of hydrogen-bond donors (Lipinski definition) is 1. The molecule has 0 radical (unpaired) electrons. The second kappa shape index (κ2) is 9.89. The number of nitrogens with zero attached hydrogens (tertiary/aromatic N) is 1. The lowest BCUT2D eigenvalue weighted by Gasteiger charge is -2.15. The highest BCUT2D eigenvalue weighted by Gasteiger charge is 2.14. The van der Waals surface area contributed by atoms with Crippen LogP contribution in [-0.2, 0) is 9.59 Å². The molecule has 0 aliphatic heterocycles. The number of carbonyl (C=O) groups is 2. The molecule has 3 rings (SSSR count). The van der Waals surface area contributed by atoms with Crippen LogP contribution in [0.2, 0.25) is 10.0 Å². The first-order valence-corrected chi connectivity index (χ1v) is 10.4. The van der Waals surface area contributed by atoms with Crippen LogP contribution < -0.4 is 5.32 Å². The fourth-order valence-corrected chi connectivity index (χ4v) is 4.05. The Morgan fingerprint density at radius 3 is 2.47 bits per heavy atom. The fourth-order valence-electron chi connectivity index (χ4n) is 2.62. The van der Waals surface area contributed by atoms with Crippen molar-refractivity contribution in [1.29, 1.82) is 0 Å². The van der Waals surface area contributed by atoms with Crippen LogP contribution >= 0.6 is 34.5 Å². The molecule has 8 heteroatoms. The maximum absolute atomic E-state index is 13.9. The van der Waals surface area contributed by atoms with Crippen molar-refractivity contribution >= 4 is 58.1 Å². The molecule has 1 heterocycles. The van der Waals surface area contributed by atoms with Gasteiger partial charge < -0.3 is 10.2 Å². The predicted octanol–water partition coefficient (Wildman–Crippen LogP) is 5.97. The number of rotatable bonds is 6. The highest BCUT2D eigenvalue weighted by atomic mass is 35.5. The number of hydrogen-bond acceptors (Lipinski definition) is 3. The maximum atomic E-state index is 13.9. The van der Waals surface area contributed by atoms with Crippen molar-refractivity contribution in [2.24, 2.45) is 0 Å². The summed E-state index contributed by atoms with van der Waals surface area (Å²) in [5, 5.41) is 3.24. The third-order valence-electron chi connectivity index (χ3n) is 4.14. The van der Waals surface area contributed by atoms with Gasteiger partial charge in [0.2, 0.25) is 11.8 Å². The SMILES string of the molecule is CN(CC(=O)Nc1c(Cl)cccc1Cl)C(=O)/C=C/c1ccc(-c2ccccc2F)s1. The van der Waals surface area contributed by atoms with E-state index >= 15 is 0 Å². The van der Waals surface area contributed by atoms with Crippen molar-refractivity contribution in [3.63, 3.8) is 0 Å². The summed E-state index contributed by atoms with van der Waals surface area (Å²) < 4.78 is 13.9. The maximum Gasteiger partial charge on any atom is 0.246 e. The first-order valence-electron chi connectivity index (χ1n) is 8.87. The average Bonchev–Trinajstić information content (AvgIpc) is 3.18. The Labute approximate surface area is 187 Å². The standard InChI is InChI=1S/C22H17Cl2FN2O2S/c1-27(13-20(28)26-22-16(23)6-4-7-17(22)24)21(29)12-10-14-9-11-19(30-14)15-5-2-3-8-18(15)25/h2-12H,13H2,1H3,(H,26,28)/b12-10+. The number of nitrogens with one attached hydrogen (secondary N) is 1. The van der Waals surface area contributed by atoms with Gasteiger partial charge in [-0.3, -0.25) is 9.59 Å². The number of likely N-dealkylation sites (N-methyl/N-ethyl adjacent to an activating group) is 1. The van der Waals surface area contributed by atoms with E-state index in [2.05, 4.69) is 5.32 Å². The molecular formula is C22H17Cl2FN2O2S. The summed E-state index contributed by atoms with van der Waals surface area (Å²) in [6.07, 6.45) is 3.00. The van der Waals surface area contributed by atoms with E-state index in [1.165, 1.54) is 35.4 Å². The fraction of sp³-hybridized carbons (Fsp3) is 0.0909. The molecule has 0 atom stereocenters. The molecule has 0 aliphatic rings. The Morgan fingerprint density at radius 1 is 1.07 bits per heavy atom. The van der Waals surface area contributed by atoms with Crippen molar-refractivity contribution in [3.05, 3.63) is 81.4 Å². The normalized spacial score (nSPS) is 10.9. The summed E-state index contributed by atoms with van der Waals surface area (Å²) in [6, 6.07) is 15.0. The van der Waals surface area contributed by atoms with Gasteiger partial charge in [-0.05, 0) is 36.4 Å². The van der Waals surface area contributed by atoms with Gasteiger partial charge in [-0.15, -0.1) is 11.3 Å². The quantitative estimate of drug-likeness (QED) is 0.458. The van der Waals surface area contributed by atoms with Crippen LogP contribution in [0.3, 0.4) is 0 Å². The van der Waals surface area contributed by atoms with Crippen LogP contribution in [0, 0.1) is 5.82 Å². The largest absolute Gasteiger partial charge is 0.333 e. The smallest absolute Gasteiger partial charge is 0.246 e. The lowest BCUT2D eigenvalue weighted by atomic mass is 10.2. The van der Waals surface area contributed by atoms with Crippen LogP contribution in [0.4, 0.5) is 10.1 Å². The highest BCUT2D eigenvalue weighted by molar-refractivity contribution is 7.16. The van der Waals surface area contributed by atoms with E-state index < -0.39 is 5.91 Å². The van der Waals surface area contributed by atoms with E-state index in [4.69, 9.17) is 23.2 Å². The van der Waals surface area contributed by atoms with Crippen molar-refractivity contribution < 1.29 is 14.0 Å². The Bertz CT molecular complexity index is 1090. The van der Waals surface area contributed by atoms with Crippen LogP contribution in [0.15, 0.2) is 60.7 Å². The molecule has 3 aromatic rings. The molecule has 4 nitrogen and oxygen atoms in total. The van der Waals surface area contributed by atoms with Crippen LogP contribution in [0.25, 0.3) is 16.5 Å². The minimum atomic E-state index is -0.424. The molecule has 2 amide bonds. The minimum Gasteiger partial charge on any atom is -0.333 e. The van der Waals surface area contributed by atoms with Crippen molar-refractivity contribution in [2.75, 3.05) is 18.9 Å². The first-order chi connectivity index (χ1) is 14.3. The van der Waals surface area contributed by atoms with E-state index in [9.17, 15) is 14.0 Å². The number of anilines is 1. The molecule has 0 bridgehead atoms. The van der Waals surface area contributed by atoms with Gasteiger partial charge in [-0.25, -0.2) is 4.39 Å². The van der Waals surface area contributed by atoms with E-state index in [-0.39, 0.29) is 18.3 Å². The van der Waals surface area contributed by atoms with Gasteiger partial charge >= 0.3 is 0 Å². The molecule has 0 saturated heterocycles. The molecule has 0 fully saturated rings. The van der Waals surface area contributed by atoms with Gasteiger partial charge in [0, 0.05) is 28.4 Å². The van der Waals surface area contributed by atoms with E-state index in [0.29, 0.717) is 21.3 Å². The van der Waals surface area contributed by atoms with Crippen LogP contribution in [-0.4, -0.2) is 30.3 Å². The van der Waals surface area contributed by atoms with Crippen molar-refractivity contribution in [2.45, 2.75) is 0 Å². The molecule has 0 spiro atoms. The molecule has 1 aromatic heterocycles. The van der Waals surface area contributed by atoms with Crippen LogP contribution in [0.5, 0.6) is 0 Å². The molecule has 0 aliphatic carbocycles. The monoisotopic (exact) mass is 462 g/mol. The minimum absolute atomic E-state index is 0.171. The van der Waals surface area contributed by atoms with Crippen LogP contribution in [0.1, 0.15) is 4.88 Å². The Balaban J connectivity index is 1.60. The van der Waals surface area contributed by atoms with Crippen molar-refractivity contribution in [1.82, 2.24) is 4.90 Å². The summed E-state index contributed by atoms with van der Waals surface area (Å²) >= 11 is 13.4. The first kappa shape index (κ1) is 22.0. The van der Waals surface area contributed by atoms with E-state index in [1.54, 1.807) is 48.5 Å². The lowest BCUT2D eigenvalue weighted by molar-refractivity contribution is -0.129. The van der Waals surface area contributed by atoms with E-state index in [1.807, 2.05) is 6.07 Å². The molecule has 0 saturated carbocycles. The highest BCUT2D eigenvalue weighted by Crippen LogP contribution is 2.31. The number of thiophene rings is 1. The third-order valence-corrected chi connectivity index (χ3v) is 5.85. The van der Waals surface area contributed by atoms with Crippen molar-refractivity contribution in [3.8, 4) is 10.4 Å². The summed E-state index contributed by atoms with van der Waals surface area (Å²) in [5.41, 5.74) is 0.821. The summed E-state index contributed by atoms with van der Waals surface area (Å²) in [4.78, 5) is 27.4. The van der Waals surface area contributed by atoms with Gasteiger partial charge in [0.15, 0.2) is 0 Å². The molecule has 30 heavy (non-hydrogen) atoms. The predicted molar refractivity (Wildman–Crippen MR) is 121 cm³/mol. The zero-order valence-corrected chi connectivity index (χ0v) is 18.2. The zero-order chi connectivity index (χ0) is 21.7. The topological polar surface area (TPSA) is 49.4 Å². The molecule has 154 valence electrons. The molecule has 0 unspecified atom stereocenters. The number of benzene rings is 2. The average molecular weight is 463 g/mol. The third kappa shape index (κ3) is 5.48. The Morgan fingerprint density at radius 2 is 1.77 bits per heavy atom. The summed E-state index contributed by atoms with van der Waals surface area (Å²) in [5.74, 6) is -1.07. The Hall–Kier alpha value is -2.67. The number of amides is 2. The van der Waals surface area contributed by atoms with Gasteiger partial charge in [0.05, 0.1) is 22.3 Å². The number of carbonyl (C=O) groups excluding carboxylic acids is 2. The van der Waals surface area contributed by atoms with Gasteiger partial charge in [0.25, 0.3) is 0 Å². The lowest BCUT2D eigenvalue weighted by Crippen LogP contribution is -2.34. The van der Waals surface area contributed by atoms with Gasteiger partial charge in [-0.2, -0.15) is 0 Å². The van der Waals surface area contributed by atoms with Gasteiger partial charge in [-0.1, -0.05) is 47.5 Å². The van der Waals surface area contributed by atoms with Gasteiger partial charge in [0.1, 0.15) is 5.82 Å². The molecular weight excluding hydrogens is 446 g/mol. The number of halogens is 3. The Kier molecular flexibility index (Phi) is 7.26. The zero-order valence-electron chi connectivity index (χ0n) is 15.9. The summed E-state index contributed by atoms with van der Waals surface area (Å²) in [6.45, 7) is -0.171. The second-order valence-electron chi connectivity index (χ2n) is 6.35. The molecule has 1 N–H and O–H groups in total. The second-order valence-corrected chi connectivity index (χ2v) is 8.28.